The molecule has 0 aliphatic carbocycles. The van der Waals surface area contributed by atoms with Gasteiger partial charge in [0.15, 0.2) is 0 Å². The lowest BCUT2D eigenvalue weighted by Crippen LogP contribution is -2.05. The summed E-state index contributed by atoms with van der Waals surface area (Å²) in [5, 5.41) is 7.67. The van der Waals surface area contributed by atoms with E-state index in [0.29, 0.717) is 5.92 Å². The van der Waals surface area contributed by atoms with Crippen molar-refractivity contribution in [2.24, 2.45) is 5.92 Å². The minimum Gasteiger partial charge on any atom is -0.493 e. The third-order valence-electron chi connectivity index (χ3n) is 4.76. The van der Waals surface area contributed by atoms with Crippen LogP contribution in [-0.2, 0) is 6.42 Å². The number of nitrogens with one attached hydrogen (secondary N) is 1. The Kier molecular flexibility index (Phi) is 6.60. The van der Waals surface area contributed by atoms with Gasteiger partial charge in [0.2, 0.25) is 0 Å². The highest BCUT2D eigenvalue weighted by Crippen LogP contribution is 2.31. The van der Waals surface area contributed by atoms with E-state index in [0.717, 1.165) is 41.9 Å². The van der Waals surface area contributed by atoms with Crippen LogP contribution in [0.5, 0.6) is 5.75 Å². The van der Waals surface area contributed by atoms with Crippen molar-refractivity contribution < 1.29 is 4.74 Å². The zero-order chi connectivity index (χ0) is 17.5. The smallest absolute Gasteiger partial charge is 0.122 e. The van der Waals surface area contributed by atoms with Gasteiger partial charge in [0, 0.05) is 11.8 Å². The van der Waals surface area contributed by atoms with Crippen LogP contribution in [0.25, 0.3) is 11.1 Å². The van der Waals surface area contributed by atoms with E-state index in [1.165, 1.54) is 23.8 Å². The Morgan fingerprint density at radius 1 is 1.17 bits per heavy atom. The van der Waals surface area contributed by atoms with Crippen LogP contribution in [0.3, 0.4) is 0 Å². The minimum absolute atomic E-state index is 0.705. The van der Waals surface area contributed by atoms with Gasteiger partial charge in [0.05, 0.1) is 6.61 Å². The van der Waals surface area contributed by atoms with Gasteiger partial charge < -0.3 is 10.1 Å². The summed E-state index contributed by atoms with van der Waals surface area (Å²) >= 11 is 0. The topological polar surface area (TPSA) is 33.1 Å². The molecular formula is C22H29NO. The molecule has 0 saturated heterocycles. The molecule has 2 rings (SSSR count). The molecule has 0 aliphatic heterocycles. The summed E-state index contributed by atoms with van der Waals surface area (Å²) in [6, 6.07) is 12.5. The average molecular weight is 323 g/mol. The Hall–Kier alpha value is -2.09. The highest BCUT2D eigenvalue weighted by molar-refractivity contribution is 5.90. The lowest BCUT2D eigenvalue weighted by Gasteiger charge is -2.16. The van der Waals surface area contributed by atoms with Crippen molar-refractivity contribution >= 4 is 6.21 Å². The Morgan fingerprint density at radius 2 is 1.96 bits per heavy atom. The highest BCUT2D eigenvalue weighted by atomic mass is 16.5. The fraction of sp³-hybridized carbons (Fsp3) is 0.409. The van der Waals surface area contributed by atoms with Crippen LogP contribution in [0, 0.1) is 18.3 Å². The molecule has 0 bridgehead atoms. The summed E-state index contributed by atoms with van der Waals surface area (Å²) < 4.78 is 6.03. The third-order valence-corrected chi connectivity index (χ3v) is 4.76. The summed E-state index contributed by atoms with van der Waals surface area (Å²) in [5.41, 5.74) is 5.70. The molecule has 1 atom stereocenters. The summed E-state index contributed by atoms with van der Waals surface area (Å²) in [5.74, 6) is 1.70. The van der Waals surface area contributed by atoms with Crippen LogP contribution in [0.2, 0.25) is 0 Å². The number of hydrogen-bond acceptors (Lipinski definition) is 2. The summed E-state index contributed by atoms with van der Waals surface area (Å²) in [7, 11) is 0. The van der Waals surface area contributed by atoms with Crippen molar-refractivity contribution in [2.45, 2.75) is 47.0 Å². The number of hydrogen-bond donors (Lipinski definition) is 1. The molecule has 0 aromatic heterocycles. The third kappa shape index (κ3) is 4.25. The lowest BCUT2D eigenvalue weighted by molar-refractivity contribution is 0.279. The van der Waals surface area contributed by atoms with E-state index < -0.39 is 0 Å². The van der Waals surface area contributed by atoms with Gasteiger partial charge in [0.25, 0.3) is 0 Å². The molecule has 24 heavy (non-hydrogen) atoms. The fourth-order valence-corrected chi connectivity index (χ4v) is 2.93. The first kappa shape index (κ1) is 18.3. The maximum atomic E-state index is 7.67. The summed E-state index contributed by atoms with van der Waals surface area (Å²) in [6.45, 7) is 9.53. The highest BCUT2D eigenvalue weighted by Gasteiger charge is 2.10. The molecular weight excluding hydrogens is 294 g/mol. The number of ether oxygens (including phenoxy) is 1. The normalized spacial score (nSPS) is 12.0. The molecule has 0 fully saturated rings. The average Bonchev–Trinajstić information content (AvgIpc) is 2.61. The molecule has 0 unspecified atom stereocenters. The zero-order valence-electron chi connectivity index (χ0n) is 15.4. The van der Waals surface area contributed by atoms with Crippen LogP contribution in [0.4, 0.5) is 0 Å². The summed E-state index contributed by atoms with van der Waals surface area (Å²) in [4.78, 5) is 0. The molecule has 1 N–H and O–H groups in total. The van der Waals surface area contributed by atoms with E-state index >= 15 is 0 Å². The Bertz CT molecular complexity index is 690. The predicted octanol–water partition coefficient (Wildman–Crippen LogP) is 6.04. The molecule has 0 heterocycles. The number of benzene rings is 2. The van der Waals surface area contributed by atoms with Gasteiger partial charge in [-0.15, -0.1) is 0 Å². The van der Waals surface area contributed by atoms with Gasteiger partial charge in [0.1, 0.15) is 5.75 Å². The van der Waals surface area contributed by atoms with Gasteiger partial charge in [-0.05, 0) is 60.1 Å². The second-order valence-corrected chi connectivity index (χ2v) is 6.51. The minimum atomic E-state index is 0.705. The molecule has 2 heteroatoms. The van der Waals surface area contributed by atoms with Crippen molar-refractivity contribution in [1.29, 1.82) is 5.41 Å². The SMILES string of the molecule is CCc1cc(-c2c(C)cccc2C=N)ccc1OCC[C@H](C)CC. The van der Waals surface area contributed by atoms with Crippen LogP contribution >= 0.6 is 0 Å². The largest absolute Gasteiger partial charge is 0.493 e. The Morgan fingerprint density at radius 3 is 2.62 bits per heavy atom. The van der Waals surface area contributed by atoms with Gasteiger partial charge in [-0.2, -0.15) is 0 Å². The van der Waals surface area contributed by atoms with Crippen LogP contribution in [0.1, 0.15) is 50.3 Å². The van der Waals surface area contributed by atoms with Crippen LogP contribution in [0.15, 0.2) is 36.4 Å². The Labute approximate surface area is 146 Å². The Balaban J connectivity index is 2.28. The van der Waals surface area contributed by atoms with Crippen molar-refractivity contribution in [3.8, 4) is 16.9 Å². The maximum Gasteiger partial charge on any atom is 0.122 e. The first-order chi connectivity index (χ1) is 11.6. The van der Waals surface area contributed by atoms with Crippen molar-refractivity contribution in [3.05, 3.63) is 53.1 Å². The van der Waals surface area contributed by atoms with Crippen LogP contribution < -0.4 is 4.74 Å². The molecule has 0 radical (unpaired) electrons. The molecule has 0 amide bonds. The fourth-order valence-electron chi connectivity index (χ4n) is 2.93. The lowest BCUT2D eigenvalue weighted by atomic mass is 9.93. The van der Waals surface area contributed by atoms with E-state index in [9.17, 15) is 0 Å². The van der Waals surface area contributed by atoms with Gasteiger partial charge >= 0.3 is 0 Å². The quantitative estimate of drug-likeness (QED) is 0.590. The van der Waals surface area contributed by atoms with Gasteiger partial charge in [-0.1, -0.05) is 51.5 Å². The van der Waals surface area contributed by atoms with E-state index in [2.05, 4.69) is 52.0 Å². The van der Waals surface area contributed by atoms with E-state index in [4.69, 9.17) is 10.1 Å². The first-order valence-corrected chi connectivity index (χ1v) is 8.96. The molecule has 2 aromatic carbocycles. The van der Waals surface area contributed by atoms with Crippen LogP contribution in [-0.4, -0.2) is 12.8 Å². The van der Waals surface area contributed by atoms with Crippen molar-refractivity contribution in [1.82, 2.24) is 0 Å². The summed E-state index contributed by atoms with van der Waals surface area (Å²) in [6.07, 6.45) is 4.67. The number of aryl methyl sites for hydroxylation is 2. The van der Waals surface area contributed by atoms with E-state index in [1.807, 2.05) is 12.1 Å². The molecule has 128 valence electrons. The molecule has 0 spiro atoms. The second kappa shape index (κ2) is 8.68. The first-order valence-electron chi connectivity index (χ1n) is 8.96. The van der Waals surface area contributed by atoms with Gasteiger partial charge in [-0.25, -0.2) is 0 Å². The van der Waals surface area contributed by atoms with Crippen molar-refractivity contribution in [3.63, 3.8) is 0 Å². The van der Waals surface area contributed by atoms with E-state index in [1.54, 1.807) is 0 Å². The second-order valence-electron chi connectivity index (χ2n) is 6.51. The molecule has 2 aromatic rings. The zero-order valence-corrected chi connectivity index (χ0v) is 15.4. The molecule has 2 nitrogen and oxygen atoms in total. The van der Waals surface area contributed by atoms with E-state index in [-0.39, 0.29) is 0 Å². The standard InChI is InChI=1S/C22H29NO/c1-5-16(3)12-13-24-21-11-10-19(14-18(21)6-2)22-17(4)8-7-9-20(22)15-23/h7-11,14-16,23H,5-6,12-13H2,1-4H3/t16-/m1/s1. The molecule has 0 aliphatic rings. The predicted molar refractivity (Wildman–Crippen MR) is 103 cm³/mol. The maximum absolute atomic E-state index is 7.67. The number of rotatable bonds is 8. The van der Waals surface area contributed by atoms with Crippen molar-refractivity contribution in [2.75, 3.05) is 6.61 Å². The van der Waals surface area contributed by atoms with Gasteiger partial charge in [-0.3, -0.25) is 0 Å². The monoisotopic (exact) mass is 323 g/mol. The molecule has 0 saturated carbocycles.